The molecule has 0 saturated carbocycles. The van der Waals surface area contributed by atoms with Gasteiger partial charge < -0.3 is 50.2 Å². The molecule has 3 atom stereocenters. The molecule has 0 bridgehead atoms. The summed E-state index contributed by atoms with van der Waals surface area (Å²) in [7, 11) is 0. The molecule has 0 radical (unpaired) electrons. The number of ether oxygens (including phenoxy) is 4. The number of halogens is 3. The van der Waals surface area contributed by atoms with Gasteiger partial charge in [0.15, 0.2) is 5.82 Å². The second-order valence-corrected chi connectivity index (χ2v) is 18.2. The minimum Gasteiger partial charge on any atom is -0.391 e. The fourth-order valence-corrected chi connectivity index (χ4v) is 8.02. The number of hydrogen-bond acceptors (Lipinski definition) is 15. The van der Waals surface area contributed by atoms with Gasteiger partial charge in [-0.2, -0.15) is 10.1 Å². The van der Waals surface area contributed by atoms with E-state index in [2.05, 4.69) is 41.3 Å². The largest absolute Gasteiger partial charge is 0.391 e. The van der Waals surface area contributed by atoms with Crippen LogP contribution in [0.3, 0.4) is 0 Å². The van der Waals surface area contributed by atoms with Crippen LogP contribution in [0, 0.1) is 24.0 Å². The SMILES string of the molecule is Cc1ncsc1-c1ccc(CNC(=O)C2CC(O)CN2C(=O)C(NC(=O)COCCOCCOCCOCCn2cc(Nc3ncc(Cl)c(NCc4cc(F)ccc4F)n3)cn2)C(C)(C)C)cc1. The number of nitrogens with one attached hydrogen (secondary N) is 4. The molecule has 18 nitrogen and oxygen atoms in total. The Morgan fingerprint density at radius 3 is 2.34 bits per heavy atom. The van der Waals surface area contributed by atoms with Crippen molar-refractivity contribution >= 4 is 58.1 Å². The molecular formula is C46H57ClF2N10O8S. The molecule has 0 aliphatic carbocycles. The Labute approximate surface area is 402 Å². The number of rotatable bonds is 25. The van der Waals surface area contributed by atoms with E-state index in [1.165, 1.54) is 11.1 Å². The van der Waals surface area contributed by atoms with Gasteiger partial charge in [0.1, 0.15) is 35.3 Å². The summed E-state index contributed by atoms with van der Waals surface area (Å²) in [5, 5.41) is 26.7. The summed E-state index contributed by atoms with van der Waals surface area (Å²) in [4.78, 5) is 55.5. The van der Waals surface area contributed by atoms with Gasteiger partial charge in [-0.3, -0.25) is 19.1 Å². The van der Waals surface area contributed by atoms with Crippen molar-refractivity contribution in [3.63, 3.8) is 0 Å². The first kappa shape index (κ1) is 51.7. The Morgan fingerprint density at radius 1 is 0.941 bits per heavy atom. The van der Waals surface area contributed by atoms with Crippen molar-refractivity contribution in [3.8, 4) is 10.4 Å². The van der Waals surface area contributed by atoms with Gasteiger partial charge in [-0.05, 0) is 41.7 Å². The minimum atomic E-state index is -0.979. The number of hydrogen-bond donors (Lipinski definition) is 5. The van der Waals surface area contributed by atoms with E-state index >= 15 is 0 Å². The zero-order valence-electron chi connectivity index (χ0n) is 38.3. The Bertz CT molecular complexity index is 2440. The minimum absolute atomic E-state index is 0.0285. The van der Waals surface area contributed by atoms with Crippen molar-refractivity contribution < 1.29 is 47.2 Å². The highest BCUT2D eigenvalue weighted by molar-refractivity contribution is 7.13. The third-order valence-corrected chi connectivity index (χ3v) is 11.9. The second-order valence-electron chi connectivity index (χ2n) is 16.9. The average molecular weight is 984 g/mol. The first-order valence-corrected chi connectivity index (χ1v) is 23.3. The van der Waals surface area contributed by atoms with E-state index in [1.807, 2.05) is 52.0 Å². The van der Waals surface area contributed by atoms with Crippen LogP contribution in [-0.2, 0) is 53.0 Å². The highest BCUT2D eigenvalue weighted by atomic mass is 35.5. The number of aryl methyl sites for hydroxylation is 1. The molecule has 5 aromatic rings. The third kappa shape index (κ3) is 15.4. The van der Waals surface area contributed by atoms with Crippen molar-refractivity contribution in [2.75, 3.05) is 70.0 Å². The lowest BCUT2D eigenvalue weighted by molar-refractivity contribution is -0.144. The number of thiazole rings is 1. The maximum Gasteiger partial charge on any atom is 0.246 e. The first-order chi connectivity index (χ1) is 32.6. The molecule has 1 fully saturated rings. The number of anilines is 3. The lowest BCUT2D eigenvalue weighted by Crippen LogP contribution is -2.58. The topological polar surface area (TPSA) is 216 Å². The summed E-state index contributed by atoms with van der Waals surface area (Å²) in [5.74, 6) is -1.98. The summed E-state index contributed by atoms with van der Waals surface area (Å²) >= 11 is 7.77. The molecule has 1 saturated heterocycles. The van der Waals surface area contributed by atoms with Crippen LogP contribution in [0.25, 0.3) is 10.4 Å². The number of likely N-dealkylation sites (tertiary alicyclic amines) is 1. The Balaban J connectivity index is 0.804. The van der Waals surface area contributed by atoms with Crippen LogP contribution in [0.15, 0.2) is 66.6 Å². The van der Waals surface area contributed by atoms with Crippen LogP contribution in [-0.4, -0.2) is 130 Å². The number of β-amino-alcohol motifs (C(OH)–C–C–N with tert-alkyl or cyclic N) is 1. The summed E-state index contributed by atoms with van der Waals surface area (Å²) in [5.41, 5.74) is 4.71. The van der Waals surface area contributed by atoms with E-state index < -0.39 is 47.1 Å². The van der Waals surface area contributed by atoms with Crippen molar-refractivity contribution in [1.29, 1.82) is 0 Å². The van der Waals surface area contributed by atoms with Crippen LogP contribution < -0.4 is 21.3 Å². The fourth-order valence-electron chi connectivity index (χ4n) is 7.05. The van der Waals surface area contributed by atoms with Crippen LogP contribution in [0.1, 0.15) is 44.0 Å². The van der Waals surface area contributed by atoms with Gasteiger partial charge in [0.05, 0.1) is 93.1 Å². The highest BCUT2D eigenvalue weighted by Gasteiger charge is 2.44. The lowest BCUT2D eigenvalue weighted by atomic mass is 9.85. The number of amides is 3. The van der Waals surface area contributed by atoms with E-state index in [0.29, 0.717) is 45.3 Å². The molecule has 4 heterocycles. The second kappa shape index (κ2) is 25.1. The van der Waals surface area contributed by atoms with Crippen molar-refractivity contribution in [2.24, 2.45) is 5.41 Å². The van der Waals surface area contributed by atoms with Gasteiger partial charge in [-0.1, -0.05) is 56.6 Å². The van der Waals surface area contributed by atoms with Crippen molar-refractivity contribution in [1.82, 2.24) is 40.3 Å². The molecule has 22 heteroatoms. The summed E-state index contributed by atoms with van der Waals surface area (Å²) in [6, 6.07) is 9.15. The third-order valence-electron chi connectivity index (χ3n) is 10.6. The van der Waals surface area contributed by atoms with Gasteiger partial charge in [0, 0.05) is 37.8 Å². The lowest BCUT2D eigenvalue weighted by Gasteiger charge is -2.35. The summed E-state index contributed by atoms with van der Waals surface area (Å²) < 4.78 is 51.5. The van der Waals surface area contributed by atoms with Crippen LogP contribution in [0.4, 0.5) is 26.2 Å². The fraction of sp³-hybridized carbons (Fsp3) is 0.457. The van der Waals surface area contributed by atoms with Gasteiger partial charge in [0.2, 0.25) is 23.7 Å². The van der Waals surface area contributed by atoms with Crippen LogP contribution >= 0.6 is 22.9 Å². The van der Waals surface area contributed by atoms with Crippen molar-refractivity contribution in [3.05, 3.63) is 100 Å². The number of aromatic nitrogens is 5. The summed E-state index contributed by atoms with van der Waals surface area (Å²) in [6.07, 6.45) is 3.94. The molecule has 68 heavy (non-hydrogen) atoms. The quantitative estimate of drug-likeness (QED) is 0.0472. The van der Waals surface area contributed by atoms with E-state index in [9.17, 15) is 28.3 Å². The molecule has 6 rings (SSSR count). The van der Waals surface area contributed by atoms with E-state index in [-0.39, 0.29) is 74.1 Å². The van der Waals surface area contributed by atoms with E-state index in [0.717, 1.165) is 39.9 Å². The maximum absolute atomic E-state index is 14.0. The van der Waals surface area contributed by atoms with Crippen LogP contribution in [0.5, 0.6) is 0 Å². The predicted octanol–water partition coefficient (Wildman–Crippen LogP) is 5.27. The molecule has 366 valence electrons. The molecule has 3 aromatic heterocycles. The van der Waals surface area contributed by atoms with Crippen molar-refractivity contribution in [2.45, 2.75) is 71.9 Å². The monoisotopic (exact) mass is 982 g/mol. The normalized spacial score (nSPS) is 15.3. The molecule has 0 spiro atoms. The average Bonchev–Trinajstić information content (AvgIpc) is 4.06. The highest BCUT2D eigenvalue weighted by Crippen LogP contribution is 2.29. The van der Waals surface area contributed by atoms with E-state index in [1.54, 1.807) is 33.9 Å². The number of carbonyl (C=O) groups is 3. The first-order valence-electron chi connectivity index (χ1n) is 22.0. The van der Waals surface area contributed by atoms with Gasteiger partial charge in [-0.15, -0.1) is 11.3 Å². The molecule has 1 aliphatic heterocycles. The van der Waals surface area contributed by atoms with Gasteiger partial charge in [-0.25, -0.2) is 18.7 Å². The smallest absolute Gasteiger partial charge is 0.246 e. The predicted molar refractivity (Wildman–Crippen MR) is 251 cm³/mol. The van der Waals surface area contributed by atoms with Crippen LogP contribution in [0.2, 0.25) is 5.02 Å². The molecule has 3 amide bonds. The zero-order chi connectivity index (χ0) is 48.6. The molecule has 2 aromatic carbocycles. The maximum atomic E-state index is 14.0. The van der Waals surface area contributed by atoms with E-state index in [4.69, 9.17) is 30.5 Å². The Morgan fingerprint density at radius 2 is 1.65 bits per heavy atom. The molecule has 5 N–H and O–H groups in total. The standard InChI is InChI=1S/C46H57ClF2N10O8S/c1-29-40(68-28-53-29)31-7-5-30(6-8-31)21-51-43(62)38-20-35(60)26-59(38)44(63)41(46(2,3)4)56-39(61)27-67-18-17-66-16-15-65-14-13-64-12-11-58-25-34(23-54-58)55-45-52-24-36(47)42(57-45)50-22-32-19-33(48)9-10-37(32)49/h5-10,19,23-25,28,35,38,41,60H,11-18,20-22,26-27H2,1-4H3,(H,51,62)(H,56,61)(H2,50,52,55,57). The van der Waals surface area contributed by atoms with Gasteiger partial charge in [0.25, 0.3) is 0 Å². The Hall–Kier alpha value is -5.68. The molecular weight excluding hydrogens is 926 g/mol. The number of aliphatic hydroxyl groups is 1. The van der Waals surface area contributed by atoms with Gasteiger partial charge >= 0.3 is 0 Å². The Kier molecular flexibility index (Phi) is 19.1. The number of benzene rings is 2. The number of nitrogens with zero attached hydrogens (tertiary/aromatic N) is 6. The number of aliphatic hydroxyl groups excluding tert-OH is 1. The number of carbonyl (C=O) groups excluding carboxylic acids is 3. The molecule has 3 unspecified atom stereocenters. The molecule has 1 aliphatic rings. The summed E-state index contributed by atoms with van der Waals surface area (Å²) in [6.45, 7) is 9.81. The zero-order valence-corrected chi connectivity index (χ0v) is 39.9.